The molecule has 3 N–H and O–H groups in total. The summed E-state index contributed by atoms with van der Waals surface area (Å²) in [5.74, 6) is -0.421. The molecular weight excluding hydrogens is 371 g/mol. The minimum absolute atomic E-state index is 0.0101. The van der Waals surface area contributed by atoms with Crippen LogP contribution in [0.1, 0.15) is 0 Å². The van der Waals surface area contributed by atoms with Crippen LogP contribution in [0.2, 0.25) is 0 Å². The molecule has 0 radical (unpaired) electrons. The van der Waals surface area contributed by atoms with E-state index in [1.807, 2.05) is 4.90 Å². The highest BCUT2D eigenvalue weighted by Gasteiger charge is 2.20. The second-order valence-electron chi connectivity index (χ2n) is 6.18. The third-order valence-corrected chi connectivity index (χ3v) is 4.25. The van der Waals surface area contributed by atoms with Gasteiger partial charge in [0.2, 0.25) is 0 Å². The Kier molecular flexibility index (Phi) is 9.38. The summed E-state index contributed by atoms with van der Waals surface area (Å²) in [6, 6.07) is 4.64. The van der Waals surface area contributed by atoms with Gasteiger partial charge in [0.25, 0.3) is 0 Å². The van der Waals surface area contributed by atoms with Crippen LogP contribution in [0.5, 0.6) is 0 Å². The molecule has 28 heavy (non-hydrogen) atoms. The zero-order chi connectivity index (χ0) is 20.4. The Labute approximate surface area is 164 Å². The average molecular weight is 400 g/mol. The molecule has 2 rings (SSSR count). The maximum Gasteiger partial charge on any atom is 0.414 e. The number of hydrogen-bond acceptors (Lipinski definition) is 8. The fraction of sp³-hybridized carbons (Fsp3) is 0.611. The predicted octanol–water partition coefficient (Wildman–Crippen LogP) is 0.420. The standard InChI is InChI=1S/C18H29FN4O5/c1-21(18(25)27-10-4-20)15-2-3-17(16(19)14-15)22-5-6-23(28-12-7-22)8-11-26-13-9-24/h2-3,14,24H,4-13,20H2,1H3. The molecule has 9 nitrogen and oxygen atoms in total. The van der Waals surface area contributed by atoms with Gasteiger partial charge in [0.15, 0.2) is 0 Å². The Bertz CT molecular complexity index is 622. The molecule has 1 saturated heterocycles. The SMILES string of the molecule is CN(C(=O)OCCN)c1ccc(N2CCON(CCOCCO)CC2)c(F)c1. The first-order valence-corrected chi connectivity index (χ1v) is 9.28. The molecule has 1 aliphatic heterocycles. The van der Waals surface area contributed by atoms with Gasteiger partial charge in [0.1, 0.15) is 12.4 Å². The fourth-order valence-electron chi connectivity index (χ4n) is 2.75. The number of rotatable bonds is 9. The van der Waals surface area contributed by atoms with Crippen molar-refractivity contribution in [3.05, 3.63) is 24.0 Å². The average Bonchev–Trinajstić information content (AvgIpc) is 2.94. The number of amides is 1. The Hall–Kier alpha value is -1.98. The lowest BCUT2D eigenvalue weighted by Gasteiger charge is -2.24. The second-order valence-corrected chi connectivity index (χ2v) is 6.18. The number of halogens is 1. The largest absolute Gasteiger partial charge is 0.448 e. The van der Waals surface area contributed by atoms with Crippen molar-refractivity contribution in [1.82, 2.24) is 5.06 Å². The first-order valence-electron chi connectivity index (χ1n) is 9.28. The third-order valence-electron chi connectivity index (χ3n) is 4.25. The Morgan fingerprint density at radius 2 is 2.14 bits per heavy atom. The molecule has 1 heterocycles. The predicted molar refractivity (Wildman–Crippen MR) is 103 cm³/mol. The van der Waals surface area contributed by atoms with Gasteiger partial charge in [-0.1, -0.05) is 0 Å². The summed E-state index contributed by atoms with van der Waals surface area (Å²) in [7, 11) is 1.52. The van der Waals surface area contributed by atoms with Crippen molar-refractivity contribution in [3.63, 3.8) is 0 Å². The molecule has 0 spiro atoms. The van der Waals surface area contributed by atoms with E-state index in [2.05, 4.69) is 0 Å². The van der Waals surface area contributed by atoms with E-state index in [4.69, 9.17) is 25.2 Å². The number of ether oxygens (including phenoxy) is 2. The normalized spacial score (nSPS) is 15.4. The molecule has 0 aromatic heterocycles. The molecule has 0 bridgehead atoms. The first kappa shape index (κ1) is 22.3. The molecule has 1 aliphatic rings. The number of benzene rings is 1. The molecule has 0 unspecified atom stereocenters. The van der Waals surface area contributed by atoms with Crippen LogP contribution >= 0.6 is 0 Å². The Morgan fingerprint density at radius 3 is 2.86 bits per heavy atom. The molecule has 10 heteroatoms. The van der Waals surface area contributed by atoms with Crippen molar-refractivity contribution < 1.29 is 28.6 Å². The highest BCUT2D eigenvalue weighted by molar-refractivity contribution is 5.87. The van der Waals surface area contributed by atoms with E-state index in [0.717, 1.165) is 0 Å². The summed E-state index contributed by atoms with van der Waals surface area (Å²) >= 11 is 0. The lowest BCUT2D eigenvalue weighted by atomic mass is 10.2. The van der Waals surface area contributed by atoms with E-state index in [-0.39, 0.29) is 19.8 Å². The van der Waals surface area contributed by atoms with Crippen LogP contribution in [0.4, 0.5) is 20.6 Å². The van der Waals surface area contributed by atoms with Gasteiger partial charge in [0.05, 0.1) is 32.1 Å². The maximum absolute atomic E-state index is 14.7. The quantitative estimate of drug-likeness (QED) is 0.576. The topological polar surface area (TPSA) is 101 Å². The van der Waals surface area contributed by atoms with Gasteiger partial charge in [0, 0.05) is 45.5 Å². The van der Waals surface area contributed by atoms with Crippen LogP contribution < -0.4 is 15.5 Å². The van der Waals surface area contributed by atoms with Crippen LogP contribution in [0.3, 0.4) is 0 Å². The van der Waals surface area contributed by atoms with Crippen molar-refractivity contribution in [2.45, 2.75) is 0 Å². The molecule has 0 saturated carbocycles. The van der Waals surface area contributed by atoms with E-state index in [9.17, 15) is 9.18 Å². The molecule has 1 aromatic carbocycles. The second kappa shape index (κ2) is 11.8. The van der Waals surface area contributed by atoms with Crippen molar-refractivity contribution in [3.8, 4) is 0 Å². The highest BCUT2D eigenvalue weighted by atomic mass is 19.1. The first-order chi connectivity index (χ1) is 13.6. The maximum atomic E-state index is 14.7. The van der Waals surface area contributed by atoms with Crippen LogP contribution in [-0.2, 0) is 14.3 Å². The van der Waals surface area contributed by atoms with Crippen LogP contribution in [0.15, 0.2) is 18.2 Å². The van der Waals surface area contributed by atoms with Crippen molar-refractivity contribution in [1.29, 1.82) is 0 Å². The summed E-state index contributed by atoms with van der Waals surface area (Å²) in [6.45, 7) is 3.80. The van der Waals surface area contributed by atoms with Crippen LogP contribution in [-0.4, -0.2) is 89.1 Å². The zero-order valence-corrected chi connectivity index (χ0v) is 16.2. The Morgan fingerprint density at radius 1 is 1.32 bits per heavy atom. The summed E-state index contributed by atoms with van der Waals surface area (Å²) in [5.41, 5.74) is 6.17. The Balaban J connectivity index is 1.93. The van der Waals surface area contributed by atoms with Gasteiger partial charge in [-0.3, -0.25) is 9.74 Å². The number of nitrogens with zero attached hydrogens (tertiary/aromatic N) is 3. The molecule has 0 aliphatic carbocycles. The molecule has 158 valence electrons. The number of nitrogens with two attached hydrogens (primary N) is 1. The van der Waals surface area contributed by atoms with Gasteiger partial charge in [-0.25, -0.2) is 9.18 Å². The summed E-state index contributed by atoms with van der Waals surface area (Å²) in [5, 5.41) is 10.5. The van der Waals surface area contributed by atoms with E-state index in [1.54, 1.807) is 17.2 Å². The number of hydroxylamine groups is 2. The van der Waals surface area contributed by atoms with Gasteiger partial charge in [-0.05, 0) is 18.2 Å². The number of aliphatic hydroxyl groups excluding tert-OH is 1. The fourth-order valence-corrected chi connectivity index (χ4v) is 2.75. The smallest absolute Gasteiger partial charge is 0.414 e. The van der Waals surface area contributed by atoms with Gasteiger partial charge < -0.3 is 25.2 Å². The summed E-state index contributed by atoms with van der Waals surface area (Å²) in [6.07, 6.45) is -0.583. The van der Waals surface area contributed by atoms with E-state index in [0.29, 0.717) is 57.4 Å². The lowest BCUT2D eigenvalue weighted by molar-refractivity contribution is -0.156. The molecule has 1 fully saturated rings. The summed E-state index contributed by atoms with van der Waals surface area (Å²) in [4.78, 5) is 20.7. The van der Waals surface area contributed by atoms with Crippen LogP contribution in [0.25, 0.3) is 0 Å². The molecular formula is C18H29FN4O5. The molecule has 1 amide bonds. The minimum Gasteiger partial charge on any atom is -0.448 e. The van der Waals surface area contributed by atoms with E-state index < -0.39 is 11.9 Å². The van der Waals surface area contributed by atoms with Crippen molar-refractivity contribution >= 4 is 17.5 Å². The monoisotopic (exact) mass is 400 g/mol. The number of carbonyl (C=O) groups is 1. The highest BCUT2D eigenvalue weighted by Crippen LogP contribution is 2.25. The van der Waals surface area contributed by atoms with E-state index in [1.165, 1.54) is 18.0 Å². The lowest BCUT2D eigenvalue weighted by Crippen LogP contribution is -2.33. The van der Waals surface area contributed by atoms with Crippen molar-refractivity contribution in [2.24, 2.45) is 5.73 Å². The molecule has 1 aromatic rings. The van der Waals surface area contributed by atoms with Gasteiger partial charge in [-0.15, -0.1) is 0 Å². The zero-order valence-electron chi connectivity index (χ0n) is 16.2. The van der Waals surface area contributed by atoms with Crippen LogP contribution in [0, 0.1) is 5.82 Å². The van der Waals surface area contributed by atoms with E-state index >= 15 is 0 Å². The number of aliphatic hydroxyl groups is 1. The molecule has 0 atom stereocenters. The number of anilines is 2. The number of hydrogen-bond donors (Lipinski definition) is 2. The minimum atomic E-state index is -0.583. The summed E-state index contributed by atoms with van der Waals surface area (Å²) < 4.78 is 24.9. The van der Waals surface area contributed by atoms with Crippen molar-refractivity contribution in [2.75, 3.05) is 82.6 Å². The number of carbonyl (C=O) groups excluding carboxylic acids is 1. The third kappa shape index (κ3) is 6.57. The van der Waals surface area contributed by atoms with Gasteiger partial charge in [-0.2, -0.15) is 5.06 Å². The van der Waals surface area contributed by atoms with Gasteiger partial charge >= 0.3 is 6.09 Å².